The molecule has 0 saturated carbocycles. The zero-order chi connectivity index (χ0) is 14.9. The molecule has 2 rings (SSSR count). The van der Waals surface area contributed by atoms with E-state index in [9.17, 15) is 0 Å². The predicted octanol–water partition coefficient (Wildman–Crippen LogP) is 5.26. The molecule has 1 unspecified atom stereocenters. The molecule has 0 saturated heterocycles. The lowest BCUT2D eigenvalue weighted by molar-refractivity contribution is 0.526. The van der Waals surface area contributed by atoms with E-state index < -0.39 is 0 Å². The Kier molecular flexibility index (Phi) is 5.24. The van der Waals surface area contributed by atoms with Gasteiger partial charge in [0, 0.05) is 15.4 Å². The summed E-state index contributed by atoms with van der Waals surface area (Å²) in [6, 6.07) is 6.52. The third-order valence-corrected chi connectivity index (χ3v) is 5.44. The highest BCUT2D eigenvalue weighted by atomic mass is 79.9. The van der Waals surface area contributed by atoms with E-state index in [-0.39, 0.29) is 6.04 Å². The van der Waals surface area contributed by atoms with Gasteiger partial charge in [-0.05, 0) is 61.3 Å². The first-order chi connectivity index (χ1) is 9.38. The zero-order valence-corrected chi connectivity index (χ0v) is 15.2. The number of thiazole rings is 1. The molecule has 0 radical (unpaired) electrons. The first kappa shape index (κ1) is 16.0. The highest BCUT2D eigenvalue weighted by molar-refractivity contribution is 9.10. The minimum absolute atomic E-state index is 0.0815. The van der Waals surface area contributed by atoms with Crippen molar-refractivity contribution in [2.45, 2.75) is 39.8 Å². The van der Waals surface area contributed by atoms with Crippen LogP contribution in [0.2, 0.25) is 5.02 Å². The number of aryl methyl sites for hydroxylation is 2. The van der Waals surface area contributed by atoms with Crippen LogP contribution in [-0.4, -0.2) is 11.0 Å². The molecule has 0 aliphatic heterocycles. The number of aromatic nitrogens is 1. The van der Waals surface area contributed by atoms with Crippen molar-refractivity contribution in [3.05, 3.63) is 48.8 Å². The summed E-state index contributed by atoms with van der Waals surface area (Å²) >= 11 is 11.4. The van der Waals surface area contributed by atoms with Crippen LogP contribution in [0.5, 0.6) is 0 Å². The summed E-state index contributed by atoms with van der Waals surface area (Å²) in [7, 11) is 0. The first-order valence-corrected chi connectivity index (χ1v) is 8.52. The summed E-state index contributed by atoms with van der Waals surface area (Å²) in [5, 5.41) is 5.39. The van der Waals surface area contributed by atoms with Gasteiger partial charge in [0.15, 0.2) is 0 Å². The zero-order valence-electron chi connectivity index (χ0n) is 12.0. The van der Waals surface area contributed by atoms with Gasteiger partial charge in [-0.2, -0.15) is 0 Å². The van der Waals surface area contributed by atoms with Gasteiger partial charge in [-0.3, -0.25) is 0 Å². The molecule has 2 aromatic rings. The minimum Gasteiger partial charge on any atom is -0.302 e. The maximum Gasteiger partial charge on any atom is 0.115 e. The highest BCUT2D eigenvalue weighted by Gasteiger charge is 2.20. The van der Waals surface area contributed by atoms with E-state index in [4.69, 9.17) is 16.6 Å². The van der Waals surface area contributed by atoms with Gasteiger partial charge in [-0.25, -0.2) is 4.98 Å². The maximum absolute atomic E-state index is 6.23. The lowest BCUT2D eigenvalue weighted by atomic mass is 10.1. The van der Waals surface area contributed by atoms with Gasteiger partial charge in [-0.15, -0.1) is 11.3 Å². The second kappa shape index (κ2) is 6.56. The van der Waals surface area contributed by atoms with Crippen LogP contribution in [-0.2, 0) is 0 Å². The second-order valence-corrected chi connectivity index (χ2v) is 7.62. The van der Waals surface area contributed by atoms with Crippen LogP contribution in [0, 0.1) is 13.8 Å². The molecule has 0 bridgehead atoms. The van der Waals surface area contributed by atoms with Crippen molar-refractivity contribution < 1.29 is 0 Å². The molecule has 0 aliphatic carbocycles. The van der Waals surface area contributed by atoms with E-state index in [0.29, 0.717) is 6.04 Å². The van der Waals surface area contributed by atoms with Crippen LogP contribution in [0.25, 0.3) is 0 Å². The van der Waals surface area contributed by atoms with Crippen molar-refractivity contribution in [3.8, 4) is 0 Å². The molecule has 108 valence electrons. The second-order valence-electron chi connectivity index (χ2n) is 5.12. The molecular weight excluding hydrogens is 356 g/mol. The van der Waals surface area contributed by atoms with Crippen LogP contribution in [0.4, 0.5) is 0 Å². The van der Waals surface area contributed by atoms with Crippen molar-refractivity contribution in [2.24, 2.45) is 0 Å². The number of benzene rings is 1. The number of rotatable bonds is 4. The maximum atomic E-state index is 6.23. The average molecular weight is 374 g/mol. The molecule has 1 aromatic heterocycles. The molecule has 1 heterocycles. The Morgan fingerprint density at radius 3 is 2.50 bits per heavy atom. The van der Waals surface area contributed by atoms with Gasteiger partial charge in [0.1, 0.15) is 5.01 Å². The summed E-state index contributed by atoms with van der Waals surface area (Å²) in [5.41, 5.74) is 2.24. The fourth-order valence-electron chi connectivity index (χ4n) is 1.96. The highest BCUT2D eigenvalue weighted by Crippen LogP contribution is 2.32. The molecule has 20 heavy (non-hydrogen) atoms. The Morgan fingerprint density at radius 1 is 1.30 bits per heavy atom. The normalized spacial score (nSPS) is 12.9. The lowest BCUT2D eigenvalue weighted by Gasteiger charge is -2.20. The monoisotopic (exact) mass is 372 g/mol. The van der Waals surface area contributed by atoms with Gasteiger partial charge >= 0.3 is 0 Å². The fraction of sp³-hybridized carbons (Fsp3) is 0.400. The molecule has 0 spiro atoms. The van der Waals surface area contributed by atoms with Gasteiger partial charge in [-0.1, -0.05) is 17.7 Å². The molecular formula is C15H18BrClN2S. The van der Waals surface area contributed by atoms with Gasteiger partial charge in [0.2, 0.25) is 0 Å². The van der Waals surface area contributed by atoms with Crippen LogP contribution < -0.4 is 5.32 Å². The SMILES string of the molecule is Cc1nc(C(NC(C)C)c2ccc(Br)c(Cl)c2)sc1C. The predicted molar refractivity (Wildman–Crippen MR) is 90.9 cm³/mol. The standard InChI is InChI=1S/C15H18BrClN2S/c1-8(2)18-14(15-19-9(3)10(4)20-15)11-5-6-12(16)13(17)7-11/h5-8,14,18H,1-4H3. The number of nitrogens with zero attached hydrogens (tertiary/aromatic N) is 1. The van der Waals surface area contributed by atoms with Crippen molar-refractivity contribution in [2.75, 3.05) is 0 Å². The Balaban J connectivity index is 2.43. The van der Waals surface area contributed by atoms with E-state index >= 15 is 0 Å². The molecule has 0 amide bonds. The summed E-state index contributed by atoms with van der Waals surface area (Å²) in [5.74, 6) is 0. The third kappa shape index (κ3) is 3.61. The number of hydrogen-bond donors (Lipinski definition) is 1. The van der Waals surface area contributed by atoms with Crippen LogP contribution in [0.1, 0.15) is 41.0 Å². The third-order valence-electron chi connectivity index (χ3n) is 3.07. The van der Waals surface area contributed by atoms with Crippen molar-refractivity contribution in [1.29, 1.82) is 0 Å². The van der Waals surface area contributed by atoms with Gasteiger partial charge in [0.05, 0.1) is 16.8 Å². The summed E-state index contributed by atoms with van der Waals surface area (Å²) in [6.45, 7) is 8.44. The average Bonchev–Trinajstić information content (AvgIpc) is 2.70. The van der Waals surface area contributed by atoms with Crippen LogP contribution in [0.15, 0.2) is 22.7 Å². The van der Waals surface area contributed by atoms with Gasteiger partial charge in [0.25, 0.3) is 0 Å². The smallest absolute Gasteiger partial charge is 0.115 e. The van der Waals surface area contributed by atoms with E-state index in [0.717, 1.165) is 25.8 Å². The summed E-state index contributed by atoms with van der Waals surface area (Å²) in [6.07, 6.45) is 0. The Labute approximate surface area is 137 Å². The topological polar surface area (TPSA) is 24.9 Å². The molecule has 1 atom stereocenters. The fourth-order valence-corrected chi connectivity index (χ4v) is 3.40. The quantitative estimate of drug-likeness (QED) is 0.790. The van der Waals surface area contributed by atoms with E-state index in [2.05, 4.69) is 55.0 Å². The van der Waals surface area contributed by atoms with Gasteiger partial charge < -0.3 is 5.32 Å². The summed E-state index contributed by atoms with van der Waals surface area (Å²) in [4.78, 5) is 5.96. The Bertz CT molecular complexity index is 590. The summed E-state index contributed by atoms with van der Waals surface area (Å²) < 4.78 is 0.915. The molecule has 2 nitrogen and oxygen atoms in total. The molecule has 0 aliphatic rings. The van der Waals surface area contributed by atoms with Crippen LogP contribution in [0.3, 0.4) is 0 Å². The molecule has 5 heteroatoms. The number of nitrogens with one attached hydrogen (secondary N) is 1. The number of halogens is 2. The molecule has 1 N–H and O–H groups in total. The Hall–Kier alpha value is -0.420. The van der Waals surface area contributed by atoms with E-state index in [1.54, 1.807) is 11.3 Å². The van der Waals surface area contributed by atoms with Crippen molar-refractivity contribution in [3.63, 3.8) is 0 Å². The van der Waals surface area contributed by atoms with E-state index in [1.807, 2.05) is 12.1 Å². The molecule has 0 fully saturated rings. The van der Waals surface area contributed by atoms with Crippen LogP contribution >= 0.6 is 38.9 Å². The van der Waals surface area contributed by atoms with E-state index in [1.165, 1.54) is 4.88 Å². The van der Waals surface area contributed by atoms with Crippen molar-refractivity contribution >= 4 is 38.9 Å². The largest absolute Gasteiger partial charge is 0.302 e. The minimum atomic E-state index is 0.0815. The molecule has 1 aromatic carbocycles. The first-order valence-electron chi connectivity index (χ1n) is 6.53. The lowest BCUT2D eigenvalue weighted by Crippen LogP contribution is -2.28. The Morgan fingerprint density at radius 2 is 2.00 bits per heavy atom. The van der Waals surface area contributed by atoms with Crippen molar-refractivity contribution in [1.82, 2.24) is 10.3 Å². The number of hydrogen-bond acceptors (Lipinski definition) is 3.